The van der Waals surface area contributed by atoms with Gasteiger partial charge in [-0.2, -0.15) is 0 Å². The van der Waals surface area contributed by atoms with Crippen molar-refractivity contribution in [1.82, 2.24) is 0 Å². The molecule has 1 atom stereocenters. The number of methoxy groups -OCH3 is 1. The average Bonchev–Trinajstić information content (AvgIpc) is 2.82. The molecule has 2 N–H and O–H groups in total. The maximum atomic E-state index is 6.32. The molecule has 0 spiro atoms. The second-order valence-corrected chi connectivity index (χ2v) is 4.77. The molecule has 1 aliphatic carbocycles. The Kier molecular flexibility index (Phi) is 3.66. The van der Waals surface area contributed by atoms with Gasteiger partial charge in [-0.1, -0.05) is 19.3 Å². The Bertz CT molecular complexity index is 302. The molecule has 0 radical (unpaired) electrons. The van der Waals surface area contributed by atoms with E-state index in [0.29, 0.717) is 0 Å². The Morgan fingerprint density at radius 2 is 2.19 bits per heavy atom. The summed E-state index contributed by atoms with van der Waals surface area (Å²) in [6, 6.07) is 2.04. The summed E-state index contributed by atoms with van der Waals surface area (Å²) in [4.78, 5) is 0. The van der Waals surface area contributed by atoms with Crippen LogP contribution in [0.3, 0.4) is 0 Å². The van der Waals surface area contributed by atoms with Gasteiger partial charge in [0.2, 0.25) is 0 Å². The minimum absolute atomic E-state index is 0.0652. The second-order valence-electron chi connectivity index (χ2n) is 4.77. The van der Waals surface area contributed by atoms with Crippen LogP contribution < -0.4 is 5.73 Å². The van der Waals surface area contributed by atoms with E-state index in [1.54, 1.807) is 19.6 Å². The zero-order valence-electron chi connectivity index (χ0n) is 9.95. The third-order valence-electron chi connectivity index (χ3n) is 3.82. The first kappa shape index (κ1) is 11.7. The highest BCUT2D eigenvalue weighted by atomic mass is 16.5. The van der Waals surface area contributed by atoms with E-state index >= 15 is 0 Å². The summed E-state index contributed by atoms with van der Waals surface area (Å²) in [6.45, 7) is 0. The monoisotopic (exact) mass is 223 g/mol. The van der Waals surface area contributed by atoms with E-state index in [2.05, 4.69) is 0 Å². The number of hydrogen-bond acceptors (Lipinski definition) is 3. The van der Waals surface area contributed by atoms with E-state index in [-0.39, 0.29) is 11.6 Å². The van der Waals surface area contributed by atoms with Gasteiger partial charge >= 0.3 is 0 Å². The molecule has 90 valence electrons. The van der Waals surface area contributed by atoms with Crippen LogP contribution in [0.15, 0.2) is 23.0 Å². The van der Waals surface area contributed by atoms with Crippen molar-refractivity contribution in [2.24, 2.45) is 5.73 Å². The lowest BCUT2D eigenvalue weighted by molar-refractivity contribution is -0.0583. The van der Waals surface area contributed by atoms with Gasteiger partial charge in [-0.3, -0.25) is 0 Å². The largest absolute Gasteiger partial charge is 0.472 e. The van der Waals surface area contributed by atoms with Crippen molar-refractivity contribution >= 4 is 0 Å². The molecule has 1 aliphatic rings. The summed E-state index contributed by atoms with van der Waals surface area (Å²) in [7, 11) is 1.79. The molecule has 0 aromatic carbocycles. The Morgan fingerprint density at radius 3 is 2.75 bits per heavy atom. The zero-order chi connectivity index (χ0) is 11.4. The lowest BCUT2D eigenvalue weighted by atomic mass is 9.77. The molecule has 3 nitrogen and oxygen atoms in total. The molecule has 0 saturated heterocycles. The molecule has 1 heterocycles. The summed E-state index contributed by atoms with van der Waals surface area (Å²) < 4.78 is 10.8. The molecule has 0 amide bonds. The Labute approximate surface area is 97.0 Å². The van der Waals surface area contributed by atoms with Crippen LogP contribution in [0.5, 0.6) is 0 Å². The molecular weight excluding hydrogens is 202 g/mol. The van der Waals surface area contributed by atoms with Crippen LogP contribution in [0.4, 0.5) is 0 Å². The maximum absolute atomic E-state index is 6.32. The van der Waals surface area contributed by atoms with Gasteiger partial charge in [0.15, 0.2) is 0 Å². The van der Waals surface area contributed by atoms with Gasteiger partial charge < -0.3 is 14.9 Å². The molecule has 1 saturated carbocycles. The average molecular weight is 223 g/mol. The third-order valence-corrected chi connectivity index (χ3v) is 3.82. The molecule has 1 unspecified atom stereocenters. The molecule has 2 rings (SSSR count). The fourth-order valence-corrected chi connectivity index (χ4v) is 2.73. The quantitative estimate of drug-likeness (QED) is 0.853. The first-order valence-corrected chi connectivity index (χ1v) is 6.09. The lowest BCUT2D eigenvalue weighted by Crippen LogP contribution is -2.51. The van der Waals surface area contributed by atoms with Gasteiger partial charge in [0.1, 0.15) is 0 Å². The Morgan fingerprint density at radius 1 is 1.44 bits per heavy atom. The molecule has 1 aromatic rings. The molecular formula is C13H21NO2. The van der Waals surface area contributed by atoms with E-state index in [9.17, 15) is 0 Å². The highest BCUT2D eigenvalue weighted by Gasteiger charge is 2.37. The van der Waals surface area contributed by atoms with Gasteiger partial charge in [-0.05, 0) is 30.9 Å². The van der Waals surface area contributed by atoms with Crippen LogP contribution in [0, 0.1) is 0 Å². The van der Waals surface area contributed by atoms with E-state index in [1.807, 2.05) is 6.07 Å². The molecule has 0 bridgehead atoms. The fourth-order valence-electron chi connectivity index (χ4n) is 2.73. The van der Waals surface area contributed by atoms with Crippen molar-refractivity contribution in [1.29, 1.82) is 0 Å². The standard InChI is InChI=1S/C13H21NO2/c1-15-13(6-3-2-4-7-13)12(14)9-11-5-8-16-10-11/h5,8,10,12H,2-4,6-7,9,14H2,1H3. The lowest BCUT2D eigenvalue weighted by Gasteiger charge is -2.40. The van der Waals surface area contributed by atoms with Crippen molar-refractivity contribution in [3.63, 3.8) is 0 Å². The SMILES string of the molecule is COC1(C(N)Cc2ccoc2)CCCCC1. The summed E-state index contributed by atoms with van der Waals surface area (Å²) in [5.74, 6) is 0. The fraction of sp³-hybridized carbons (Fsp3) is 0.692. The Balaban J connectivity index is 2.02. The van der Waals surface area contributed by atoms with Crippen LogP contribution in [-0.4, -0.2) is 18.8 Å². The van der Waals surface area contributed by atoms with Gasteiger partial charge in [0, 0.05) is 13.2 Å². The predicted octanol–water partition coefficient (Wildman–Crippen LogP) is 2.50. The summed E-state index contributed by atoms with van der Waals surface area (Å²) in [5, 5.41) is 0. The van der Waals surface area contributed by atoms with E-state index in [4.69, 9.17) is 14.9 Å². The smallest absolute Gasteiger partial charge is 0.0935 e. The molecule has 1 fully saturated rings. The molecule has 16 heavy (non-hydrogen) atoms. The predicted molar refractivity (Wildman–Crippen MR) is 63.2 cm³/mol. The van der Waals surface area contributed by atoms with Crippen molar-refractivity contribution in [2.75, 3.05) is 7.11 Å². The Hall–Kier alpha value is -0.800. The van der Waals surface area contributed by atoms with Crippen LogP contribution >= 0.6 is 0 Å². The normalized spacial score (nSPS) is 21.9. The topological polar surface area (TPSA) is 48.4 Å². The van der Waals surface area contributed by atoms with Crippen LogP contribution in [0.25, 0.3) is 0 Å². The number of ether oxygens (including phenoxy) is 1. The van der Waals surface area contributed by atoms with Crippen LogP contribution in [0.1, 0.15) is 37.7 Å². The first-order valence-electron chi connectivity index (χ1n) is 6.09. The van der Waals surface area contributed by atoms with Gasteiger partial charge in [0.05, 0.1) is 18.1 Å². The minimum atomic E-state index is -0.116. The minimum Gasteiger partial charge on any atom is -0.472 e. The van der Waals surface area contributed by atoms with Crippen LogP contribution in [-0.2, 0) is 11.2 Å². The highest BCUT2D eigenvalue weighted by molar-refractivity contribution is 5.10. The number of hydrogen-bond donors (Lipinski definition) is 1. The van der Waals surface area contributed by atoms with Crippen molar-refractivity contribution in [2.45, 2.75) is 50.2 Å². The first-order chi connectivity index (χ1) is 7.77. The molecule has 3 heteroatoms. The van der Waals surface area contributed by atoms with Gasteiger partial charge in [-0.25, -0.2) is 0 Å². The maximum Gasteiger partial charge on any atom is 0.0935 e. The van der Waals surface area contributed by atoms with Crippen molar-refractivity contribution in [3.05, 3.63) is 24.2 Å². The second kappa shape index (κ2) is 5.02. The molecule has 0 aliphatic heterocycles. The van der Waals surface area contributed by atoms with Crippen LogP contribution in [0.2, 0.25) is 0 Å². The highest BCUT2D eigenvalue weighted by Crippen LogP contribution is 2.34. The van der Waals surface area contributed by atoms with E-state index < -0.39 is 0 Å². The zero-order valence-corrected chi connectivity index (χ0v) is 9.95. The van der Waals surface area contributed by atoms with Crippen molar-refractivity contribution < 1.29 is 9.15 Å². The van der Waals surface area contributed by atoms with Gasteiger partial charge in [-0.15, -0.1) is 0 Å². The third kappa shape index (κ3) is 2.30. The van der Waals surface area contributed by atoms with E-state index in [0.717, 1.165) is 24.8 Å². The van der Waals surface area contributed by atoms with Crippen molar-refractivity contribution in [3.8, 4) is 0 Å². The number of nitrogens with two attached hydrogens (primary N) is 1. The van der Waals surface area contributed by atoms with Gasteiger partial charge in [0.25, 0.3) is 0 Å². The number of rotatable bonds is 4. The molecule has 1 aromatic heterocycles. The summed E-state index contributed by atoms with van der Waals surface area (Å²) in [5.41, 5.74) is 7.36. The summed E-state index contributed by atoms with van der Waals surface area (Å²) in [6.07, 6.45) is 10.2. The summed E-state index contributed by atoms with van der Waals surface area (Å²) >= 11 is 0. The number of furan rings is 1. The van der Waals surface area contributed by atoms with E-state index in [1.165, 1.54) is 19.3 Å².